The molecule has 1 N–H and O–H groups in total. The van der Waals surface area contributed by atoms with Crippen LogP contribution in [0.3, 0.4) is 0 Å². The highest BCUT2D eigenvalue weighted by Gasteiger charge is 2.26. The molecule has 0 spiro atoms. The van der Waals surface area contributed by atoms with Crippen molar-refractivity contribution < 1.29 is 4.79 Å². The highest BCUT2D eigenvalue weighted by molar-refractivity contribution is 14.1. The van der Waals surface area contributed by atoms with E-state index < -0.39 is 0 Å². The first-order valence-corrected chi connectivity index (χ1v) is 8.55. The summed E-state index contributed by atoms with van der Waals surface area (Å²) in [6.45, 7) is 0.999. The maximum atomic E-state index is 12.4. The average molecular weight is 406 g/mol. The van der Waals surface area contributed by atoms with Gasteiger partial charge in [-0.15, -0.1) is 0 Å². The van der Waals surface area contributed by atoms with Crippen LogP contribution in [0.2, 0.25) is 0 Å². The molecule has 0 aromatic heterocycles. The molecule has 0 saturated carbocycles. The molecule has 3 rings (SSSR count). The van der Waals surface area contributed by atoms with Gasteiger partial charge in [-0.2, -0.15) is 0 Å². The van der Waals surface area contributed by atoms with E-state index in [9.17, 15) is 4.79 Å². The molecule has 1 atom stereocenters. The van der Waals surface area contributed by atoms with Crippen molar-refractivity contribution >= 4 is 34.2 Å². The Morgan fingerprint density at radius 1 is 1.23 bits per heavy atom. The largest absolute Gasteiger partial charge is 0.326 e. The van der Waals surface area contributed by atoms with E-state index >= 15 is 0 Å². The van der Waals surface area contributed by atoms with Crippen LogP contribution in [0.1, 0.15) is 23.6 Å². The fourth-order valence-corrected chi connectivity index (χ4v) is 3.32. The van der Waals surface area contributed by atoms with E-state index in [-0.39, 0.29) is 11.9 Å². The number of anilines is 1. The van der Waals surface area contributed by atoms with Gasteiger partial charge in [0.1, 0.15) is 0 Å². The summed E-state index contributed by atoms with van der Waals surface area (Å²) in [6, 6.07) is 16.5. The molecule has 1 aliphatic heterocycles. The SMILES string of the molecule is CN1CCc2ccccc2C1CC(=O)Nc1ccc(I)cc1. The van der Waals surface area contributed by atoms with E-state index in [4.69, 9.17) is 0 Å². The summed E-state index contributed by atoms with van der Waals surface area (Å²) in [6.07, 6.45) is 1.54. The van der Waals surface area contributed by atoms with Crippen molar-refractivity contribution in [1.82, 2.24) is 4.90 Å². The monoisotopic (exact) mass is 406 g/mol. The van der Waals surface area contributed by atoms with E-state index in [1.807, 2.05) is 24.3 Å². The van der Waals surface area contributed by atoms with Gasteiger partial charge in [-0.25, -0.2) is 0 Å². The minimum atomic E-state index is 0.0646. The molecule has 0 radical (unpaired) electrons. The lowest BCUT2D eigenvalue weighted by Gasteiger charge is -2.34. The van der Waals surface area contributed by atoms with Gasteiger partial charge in [0.2, 0.25) is 5.91 Å². The zero-order chi connectivity index (χ0) is 15.5. The standard InChI is InChI=1S/C18H19IN2O/c1-21-11-10-13-4-2-3-5-16(13)17(21)12-18(22)20-15-8-6-14(19)7-9-15/h2-9,17H,10-12H2,1H3,(H,20,22). The third-order valence-electron chi connectivity index (χ3n) is 4.19. The quantitative estimate of drug-likeness (QED) is 0.786. The fourth-order valence-electron chi connectivity index (χ4n) is 2.96. The number of likely N-dealkylation sites (N-methyl/N-ethyl adjacent to an activating group) is 1. The average Bonchev–Trinajstić information content (AvgIpc) is 2.52. The van der Waals surface area contributed by atoms with Crippen LogP contribution in [-0.2, 0) is 11.2 Å². The second kappa shape index (κ2) is 6.79. The molecule has 1 aliphatic rings. The van der Waals surface area contributed by atoms with Crippen LogP contribution in [0.15, 0.2) is 48.5 Å². The zero-order valence-electron chi connectivity index (χ0n) is 12.6. The zero-order valence-corrected chi connectivity index (χ0v) is 14.7. The van der Waals surface area contributed by atoms with E-state index in [0.717, 1.165) is 22.2 Å². The molecule has 2 aromatic rings. The van der Waals surface area contributed by atoms with Gasteiger partial charge in [-0.1, -0.05) is 24.3 Å². The van der Waals surface area contributed by atoms with Crippen LogP contribution in [0.4, 0.5) is 5.69 Å². The molecular weight excluding hydrogens is 387 g/mol. The predicted octanol–water partition coefficient (Wildman–Crippen LogP) is 3.85. The second-order valence-electron chi connectivity index (χ2n) is 5.70. The summed E-state index contributed by atoms with van der Waals surface area (Å²) in [7, 11) is 2.10. The predicted molar refractivity (Wildman–Crippen MR) is 97.9 cm³/mol. The smallest absolute Gasteiger partial charge is 0.226 e. The van der Waals surface area contributed by atoms with Crippen LogP contribution in [0.25, 0.3) is 0 Å². The Morgan fingerprint density at radius 2 is 1.95 bits per heavy atom. The molecule has 1 amide bonds. The summed E-state index contributed by atoms with van der Waals surface area (Å²) in [5.74, 6) is 0.0646. The first kappa shape index (κ1) is 15.5. The summed E-state index contributed by atoms with van der Waals surface area (Å²) in [5, 5.41) is 3.00. The lowest BCUT2D eigenvalue weighted by Crippen LogP contribution is -2.34. The summed E-state index contributed by atoms with van der Waals surface area (Å²) in [5.41, 5.74) is 3.51. The van der Waals surface area contributed by atoms with E-state index in [1.165, 1.54) is 11.1 Å². The van der Waals surface area contributed by atoms with E-state index in [1.54, 1.807) is 0 Å². The van der Waals surface area contributed by atoms with Crippen molar-refractivity contribution in [2.45, 2.75) is 18.9 Å². The number of benzene rings is 2. The highest BCUT2D eigenvalue weighted by Crippen LogP contribution is 2.31. The minimum Gasteiger partial charge on any atom is -0.326 e. The lowest BCUT2D eigenvalue weighted by molar-refractivity contribution is -0.117. The number of amides is 1. The first-order valence-electron chi connectivity index (χ1n) is 7.47. The normalized spacial score (nSPS) is 17.8. The molecule has 1 unspecified atom stereocenters. The number of carbonyl (C=O) groups is 1. The Morgan fingerprint density at radius 3 is 2.73 bits per heavy atom. The van der Waals surface area contributed by atoms with Crippen LogP contribution in [0, 0.1) is 3.57 Å². The molecule has 22 heavy (non-hydrogen) atoms. The number of hydrogen-bond donors (Lipinski definition) is 1. The van der Waals surface area contributed by atoms with E-state index in [0.29, 0.717) is 6.42 Å². The molecule has 114 valence electrons. The number of carbonyl (C=O) groups excluding carboxylic acids is 1. The number of nitrogens with one attached hydrogen (secondary N) is 1. The van der Waals surface area contributed by atoms with Crippen molar-refractivity contribution in [2.24, 2.45) is 0 Å². The van der Waals surface area contributed by atoms with Gasteiger partial charge in [0.25, 0.3) is 0 Å². The molecule has 0 saturated heterocycles. The van der Waals surface area contributed by atoms with Gasteiger partial charge in [-0.05, 0) is 71.5 Å². The number of hydrogen-bond acceptors (Lipinski definition) is 2. The minimum absolute atomic E-state index is 0.0646. The Hall–Kier alpha value is -1.40. The topological polar surface area (TPSA) is 32.3 Å². The number of halogens is 1. The van der Waals surface area contributed by atoms with E-state index in [2.05, 4.69) is 64.1 Å². The van der Waals surface area contributed by atoms with Crippen molar-refractivity contribution in [3.8, 4) is 0 Å². The lowest BCUT2D eigenvalue weighted by atomic mass is 9.91. The van der Waals surface area contributed by atoms with Crippen LogP contribution in [0.5, 0.6) is 0 Å². The maximum absolute atomic E-state index is 12.4. The fraction of sp³-hybridized carbons (Fsp3) is 0.278. The summed E-state index contributed by atoms with van der Waals surface area (Å²) >= 11 is 2.26. The molecule has 2 aromatic carbocycles. The van der Waals surface area contributed by atoms with Gasteiger partial charge in [0.15, 0.2) is 0 Å². The Bertz CT molecular complexity index is 669. The van der Waals surface area contributed by atoms with Gasteiger partial charge in [-0.3, -0.25) is 9.69 Å². The Kier molecular flexibility index (Phi) is 4.78. The Labute approximate surface area is 144 Å². The summed E-state index contributed by atoms with van der Waals surface area (Å²) in [4.78, 5) is 14.7. The van der Waals surface area contributed by atoms with Crippen LogP contribution >= 0.6 is 22.6 Å². The molecule has 0 bridgehead atoms. The third kappa shape index (κ3) is 3.50. The number of fused-ring (bicyclic) bond motifs is 1. The van der Waals surface area contributed by atoms with Crippen molar-refractivity contribution in [3.05, 3.63) is 63.2 Å². The van der Waals surface area contributed by atoms with Gasteiger partial charge in [0.05, 0.1) is 0 Å². The first-order chi connectivity index (χ1) is 10.6. The van der Waals surface area contributed by atoms with Crippen LogP contribution < -0.4 is 5.32 Å². The van der Waals surface area contributed by atoms with Gasteiger partial charge < -0.3 is 5.32 Å². The van der Waals surface area contributed by atoms with Crippen molar-refractivity contribution in [3.63, 3.8) is 0 Å². The number of rotatable bonds is 3. The third-order valence-corrected chi connectivity index (χ3v) is 4.91. The molecule has 1 heterocycles. The van der Waals surface area contributed by atoms with Crippen molar-refractivity contribution in [1.29, 1.82) is 0 Å². The highest BCUT2D eigenvalue weighted by atomic mass is 127. The van der Waals surface area contributed by atoms with Crippen molar-refractivity contribution in [2.75, 3.05) is 18.9 Å². The summed E-state index contributed by atoms with van der Waals surface area (Å²) < 4.78 is 1.16. The molecule has 0 fully saturated rings. The van der Waals surface area contributed by atoms with Gasteiger partial charge >= 0.3 is 0 Å². The Balaban J connectivity index is 1.72. The van der Waals surface area contributed by atoms with Crippen LogP contribution in [-0.4, -0.2) is 24.4 Å². The molecular formula is C18H19IN2O. The molecule has 3 nitrogen and oxygen atoms in total. The molecule has 0 aliphatic carbocycles. The second-order valence-corrected chi connectivity index (χ2v) is 6.95. The molecule has 4 heteroatoms. The number of nitrogens with zero attached hydrogens (tertiary/aromatic N) is 1. The maximum Gasteiger partial charge on any atom is 0.226 e. The van der Waals surface area contributed by atoms with Gasteiger partial charge in [0, 0.05) is 28.3 Å².